The van der Waals surface area contributed by atoms with Crippen LogP contribution in [0.25, 0.3) is 11.0 Å². The van der Waals surface area contributed by atoms with Gasteiger partial charge in [0, 0.05) is 6.20 Å². The molecule has 124 valence electrons. The van der Waals surface area contributed by atoms with Gasteiger partial charge in [0.05, 0.1) is 12.0 Å². The highest BCUT2D eigenvalue weighted by Crippen LogP contribution is 2.44. The maximum atomic E-state index is 14.2. The van der Waals surface area contributed by atoms with Crippen molar-refractivity contribution in [2.24, 2.45) is 0 Å². The highest BCUT2D eigenvalue weighted by molar-refractivity contribution is 6.34. The molecule has 4 rings (SSSR count). The second-order valence-corrected chi connectivity index (χ2v) is 6.42. The van der Waals surface area contributed by atoms with Crippen molar-refractivity contribution >= 4 is 22.6 Å². The van der Waals surface area contributed by atoms with Gasteiger partial charge < -0.3 is 23.9 Å². The van der Waals surface area contributed by atoms with Gasteiger partial charge in [-0.2, -0.15) is 0 Å². The third kappa shape index (κ3) is 2.25. The minimum atomic E-state index is -0.807. The van der Waals surface area contributed by atoms with E-state index >= 15 is 0 Å². The Morgan fingerprint density at radius 3 is 2.83 bits per heavy atom. The zero-order valence-corrected chi connectivity index (χ0v) is 13.2. The van der Waals surface area contributed by atoms with Crippen LogP contribution in [0.1, 0.15) is 20.1 Å². The lowest BCUT2D eigenvalue weighted by molar-refractivity contribution is -0.199. The molecule has 23 heavy (non-hydrogen) atoms. The lowest BCUT2D eigenvalue weighted by Gasteiger charge is -2.24. The Balaban J connectivity index is 1.81. The first-order valence-electron chi connectivity index (χ1n) is 7.20. The first-order valence-corrected chi connectivity index (χ1v) is 7.57. The molecule has 0 amide bonds. The van der Waals surface area contributed by atoms with Gasteiger partial charge in [-0.05, 0) is 13.8 Å². The van der Waals surface area contributed by atoms with Crippen molar-refractivity contribution < 1.29 is 23.7 Å². The van der Waals surface area contributed by atoms with Crippen LogP contribution in [0.2, 0.25) is 5.15 Å². The van der Waals surface area contributed by atoms with Crippen molar-refractivity contribution in [3.63, 3.8) is 0 Å². The van der Waals surface area contributed by atoms with Gasteiger partial charge in [-0.15, -0.1) is 0 Å². The van der Waals surface area contributed by atoms with Crippen molar-refractivity contribution in [3.8, 4) is 0 Å². The van der Waals surface area contributed by atoms with E-state index in [0.29, 0.717) is 5.65 Å². The second kappa shape index (κ2) is 5.09. The molecule has 2 aromatic heterocycles. The van der Waals surface area contributed by atoms with Gasteiger partial charge in [-0.3, -0.25) is 0 Å². The second-order valence-electron chi connectivity index (χ2n) is 6.06. The Hall–Kier alpha value is -1.32. The molecule has 0 radical (unpaired) electrons. The number of hydrogen-bond donors (Lipinski definition) is 1. The minimum absolute atomic E-state index is 0.0309. The molecule has 2 aromatic rings. The number of hydrogen-bond acceptors (Lipinski definition) is 6. The Kier molecular flexibility index (Phi) is 3.37. The van der Waals surface area contributed by atoms with Crippen LogP contribution >= 0.6 is 11.6 Å². The predicted molar refractivity (Wildman–Crippen MR) is 77.3 cm³/mol. The summed E-state index contributed by atoms with van der Waals surface area (Å²) in [6.07, 6.45) is 0.318. The van der Waals surface area contributed by atoms with Crippen LogP contribution in [-0.4, -0.2) is 50.3 Å². The van der Waals surface area contributed by atoms with Crippen molar-refractivity contribution in [2.75, 3.05) is 6.61 Å². The fourth-order valence-electron chi connectivity index (χ4n) is 3.23. The molecular formula is C14H15ClFN3O4. The largest absolute Gasteiger partial charge is 0.394 e. The van der Waals surface area contributed by atoms with E-state index in [1.165, 1.54) is 17.1 Å². The summed E-state index contributed by atoms with van der Waals surface area (Å²) in [6.45, 7) is 3.34. The highest BCUT2D eigenvalue weighted by Gasteiger charge is 2.56. The number of aromatic nitrogens is 3. The molecule has 2 aliphatic rings. The number of aliphatic hydroxyl groups is 1. The quantitative estimate of drug-likeness (QED) is 0.835. The Labute approximate surface area is 135 Å². The molecule has 0 aliphatic carbocycles. The molecule has 0 saturated carbocycles. The van der Waals surface area contributed by atoms with Crippen molar-refractivity contribution in [3.05, 3.63) is 23.5 Å². The van der Waals surface area contributed by atoms with E-state index in [9.17, 15) is 9.50 Å². The molecule has 1 unspecified atom stereocenters. The highest BCUT2D eigenvalue weighted by atomic mass is 35.5. The van der Waals surface area contributed by atoms with Gasteiger partial charge in [0.15, 0.2) is 17.8 Å². The molecule has 2 aliphatic heterocycles. The maximum absolute atomic E-state index is 14.2. The molecule has 2 fully saturated rings. The standard InChI is InChI=1S/C14H15ClFN3O4/c1-14(2)22-9-7(4-20)21-13(10(9)23-14)19-3-6(16)8-11(15)17-5-18-12(8)19/h3,5,7,9-10,13,20H,4H2,1-2H3/t7-,9?,10+,13-/m1/s1. The number of ether oxygens (including phenoxy) is 3. The minimum Gasteiger partial charge on any atom is -0.394 e. The number of nitrogens with zero attached hydrogens (tertiary/aromatic N) is 3. The molecule has 1 N–H and O–H groups in total. The molecule has 7 nitrogen and oxygen atoms in total. The van der Waals surface area contributed by atoms with Gasteiger partial charge >= 0.3 is 0 Å². The van der Waals surface area contributed by atoms with Crippen LogP contribution < -0.4 is 0 Å². The molecule has 4 heterocycles. The maximum Gasteiger partial charge on any atom is 0.165 e. The Bertz CT molecular complexity index is 768. The van der Waals surface area contributed by atoms with Gasteiger partial charge in [0.2, 0.25) is 0 Å². The number of halogens is 2. The Morgan fingerprint density at radius 1 is 1.35 bits per heavy atom. The summed E-state index contributed by atoms with van der Waals surface area (Å²) in [5.74, 6) is -1.35. The first-order chi connectivity index (χ1) is 10.9. The molecule has 2 saturated heterocycles. The van der Waals surface area contributed by atoms with Crippen LogP contribution in [0.3, 0.4) is 0 Å². The van der Waals surface area contributed by atoms with E-state index in [1.807, 2.05) is 0 Å². The van der Waals surface area contributed by atoms with E-state index < -0.39 is 36.1 Å². The van der Waals surface area contributed by atoms with E-state index in [1.54, 1.807) is 13.8 Å². The molecule has 4 atom stereocenters. The topological polar surface area (TPSA) is 78.6 Å². The molecule has 0 spiro atoms. The number of fused-ring (bicyclic) bond motifs is 2. The van der Waals surface area contributed by atoms with Gasteiger partial charge in [-0.25, -0.2) is 14.4 Å². The van der Waals surface area contributed by atoms with Gasteiger partial charge in [-0.1, -0.05) is 11.6 Å². The Morgan fingerprint density at radius 2 is 2.09 bits per heavy atom. The van der Waals surface area contributed by atoms with Crippen molar-refractivity contribution in [2.45, 2.75) is 44.2 Å². The SMILES string of the molecule is CC1(C)OC2[C@@H](CO)O[C@@H](n3cc(F)c4c(Cl)ncnc43)[C@H]2O1. The fraction of sp³-hybridized carbons (Fsp3) is 0.571. The third-order valence-electron chi connectivity index (χ3n) is 4.10. The number of rotatable bonds is 2. The first kappa shape index (κ1) is 15.2. The normalized spacial score (nSPS) is 32.6. The van der Waals surface area contributed by atoms with E-state index in [4.69, 9.17) is 25.8 Å². The van der Waals surface area contributed by atoms with Crippen molar-refractivity contribution in [1.82, 2.24) is 14.5 Å². The van der Waals surface area contributed by atoms with Crippen molar-refractivity contribution in [1.29, 1.82) is 0 Å². The smallest absolute Gasteiger partial charge is 0.165 e. The summed E-state index contributed by atoms with van der Waals surface area (Å²) in [5, 5.41) is 9.68. The lowest BCUT2D eigenvalue weighted by atomic mass is 10.1. The summed E-state index contributed by atoms with van der Waals surface area (Å²) in [4.78, 5) is 7.89. The average molecular weight is 344 g/mol. The third-order valence-corrected chi connectivity index (χ3v) is 4.38. The van der Waals surface area contributed by atoms with E-state index in [0.717, 1.165) is 0 Å². The summed E-state index contributed by atoms with van der Waals surface area (Å²) >= 11 is 5.95. The van der Waals surface area contributed by atoms with Gasteiger partial charge in [0.1, 0.15) is 35.4 Å². The van der Waals surface area contributed by atoms with Crippen LogP contribution in [0, 0.1) is 5.82 Å². The van der Waals surface area contributed by atoms with Gasteiger partial charge in [0.25, 0.3) is 0 Å². The van der Waals surface area contributed by atoms with Crippen LogP contribution in [0.15, 0.2) is 12.5 Å². The monoisotopic (exact) mass is 343 g/mol. The zero-order chi connectivity index (χ0) is 16.4. The zero-order valence-electron chi connectivity index (χ0n) is 12.4. The molecule has 0 bridgehead atoms. The summed E-state index contributed by atoms with van der Waals surface area (Å²) in [7, 11) is 0. The summed E-state index contributed by atoms with van der Waals surface area (Å²) in [5.41, 5.74) is 0.304. The lowest BCUT2D eigenvalue weighted by Crippen LogP contribution is -2.31. The number of aliphatic hydroxyl groups excluding tert-OH is 1. The molecule has 9 heteroatoms. The van der Waals surface area contributed by atoms with E-state index in [2.05, 4.69) is 9.97 Å². The van der Waals surface area contributed by atoms with Crippen LogP contribution in [0.4, 0.5) is 4.39 Å². The summed E-state index contributed by atoms with van der Waals surface area (Å²) in [6, 6.07) is 0. The average Bonchev–Trinajstić information content (AvgIpc) is 3.08. The fourth-order valence-corrected chi connectivity index (χ4v) is 3.45. The predicted octanol–water partition coefficient (Wildman–Crippen LogP) is 1.63. The van der Waals surface area contributed by atoms with E-state index in [-0.39, 0.29) is 17.1 Å². The molecular weight excluding hydrogens is 329 g/mol. The molecule has 0 aromatic carbocycles. The van der Waals surface area contributed by atoms with Crippen LogP contribution in [-0.2, 0) is 14.2 Å². The van der Waals surface area contributed by atoms with Crippen LogP contribution in [0.5, 0.6) is 0 Å². The summed E-state index contributed by atoms with van der Waals surface area (Å²) < 4.78 is 33.2.